The van der Waals surface area contributed by atoms with Crippen LogP contribution in [0.5, 0.6) is 5.75 Å². The molecule has 1 aromatic carbocycles. The summed E-state index contributed by atoms with van der Waals surface area (Å²) < 4.78 is 9.90. The van der Waals surface area contributed by atoms with Crippen LogP contribution in [0.1, 0.15) is 17.3 Å². The van der Waals surface area contributed by atoms with Crippen LogP contribution in [0.3, 0.4) is 0 Å². The number of anilines is 1. The number of esters is 1. The second-order valence-electron chi connectivity index (χ2n) is 3.94. The molecule has 0 fully saturated rings. The van der Waals surface area contributed by atoms with Gasteiger partial charge in [0.2, 0.25) is 0 Å². The third kappa shape index (κ3) is 3.87. The van der Waals surface area contributed by atoms with E-state index in [1.54, 1.807) is 18.0 Å². The topological polar surface area (TPSA) is 81.9 Å². The first-order valence-electron chi connectivity index (χ1n) is 5.84. The third-order valence-electron chi connectivity index (χ3n) is 2.68. The van der Waals surface area contributed by atoms with Crippen molar-refractivity contribution < 1.29 is 19.1 Å². The number of amides is 1. The zero-order chi connectivity index (χ0) is 14.4. The van der Waals surface area contributed by atoms with E-state index < -0.39 is 5.97 Å². The lowest BCUT2D eigenvalue weighted by Crippen LogP contribution is -2.31. The molecule has 19 heavy (non-hydrogen) atoms. The van der Waals surface area contributed by atoms with Crippen LogP contribution in [-0.2, 0) is 9.53 Å². The molecule has 0 bridgehead atoms. The zero-order valence-corrected chi connectivity index (χ0v) is 11.3. The first-order valence-corrected chi connectivity index (χ1v) is 5.84. The Morgan fingerprint density at radius 1 is 1.37 bits per heavy atom. The fourth-order valence-electron chi connectivity index (χ4n) is 1.35. The van der Waals surface area contributed by atoms with Crippen molar-refractivity contribution >= 4 is 17.6 Å². The van der Waals surface area contributed by atoms with E-state index in [1.807, 2.05) is 6.92 Å². The molecule has 0 spiro atoms. The molecule has 104 valence electrons. The number of methoxy groups -OCH3 is 1. The van der Waals surface area contributed by atoms with Gasteiger partial charge in [-0.1, -0.05) is 0 Å². The zero-order valence-electron chi connectivity index (χ0n) is 11.3. The summed E-state index contributed by atoms with van der Waals surface area (Å²) in [5.41, 5.74) is 6.38. The van der Waals surface area contributed by atoms with Gasteiger partial charge in [0.1, 0.15) is 5.75 Å². The first kappa shape index (κ1) is 14.8. The molecule has 1 aromatic rings. The number of nitrogen functional groups attached to an aromatic ring is 1. The summed E-state index contributed by atoms with van der Waals surface area (Å²) in [4.78, 5) is 24.4. The van der Waals surface area contributed by atoms with E-state index in [1.165, 1.54) is 19.2 Å². The summed E-state index contributed by atoms with van der Waals surface area (Å²) in [6.45, 7) is 2.39. The standard InChI is InChI=1S/C13H18N2O4/c1-4-15(2)12(16)8-19-11-6-5-9(7-10(11)14)13(17)18-3/h5-7H,4,8,14H2,1-3H3. The number of ether oxygens (including phenoxy) is 2. The Kier molecular flexibility index (Phi) is 5.17. The van der Waals surface area contributed by atoms with Gasteiger partial charge in [-0.2, -0.15) is 0 Å². The van der Waals surface area contributed by atoms with E-state index in [4.69, 9.17) is 10.5 Å². The van der Waals surface area contributed by atoms with Gasteiger partial charge in [-0.15, -0.1) is 0 Å². The molecule has 0 aliphatic heterocycles. The number of benzene rings is 1. The first-order chi connectivity index (χ1) is 8.99. The van der Waals surface area contributed by atoms with Crippen molar-refractivity contribution in [2.45, 2.75) is 6.92 Å². The summed E-state index contributed by atoms with van der Waals surface area (Å²) in [5.74, 6) is -0.246. The van der Waals surface area contributed by atoms with E-state index >= 15 is 0 Å². The van der Waals surface area contributed by atoms with Gasteiger partial charge in [-0.25, -0.2) is 4.79 Å². The maximum Gasteiger partial charge on any atom is 0.337 e. The average molecular weight is 266 g/mol. The lowest BCUT2D eigenvalue weighted by atomic mass is 10.2. The number of hydrogen-bond acceptors (Lipinski definition) is 5. The van der Waals surface area contributed by atoms with Crippen LogP contribution < -0.4 is 10.5 Å². The molecule has 6 heteroatoms. The van der Waals surface area contributed by atoms with Gasteiger partial charge in [-0.05, 0) is 25.1 Å². The Morgan fingerprint density at radius 3 is 2.58 bits per heavy atom. The lowest BCUT2D eigenvalue weighted by molar-refractivity contribution is -0.131. The van der Waals surface area contributed by atoms with Crippen molar-refractivity contribution in [1.82, 2.24) is 4.90 Å². The van der Waals surface area contributed by atoms with Crippen molar-refractivity contribution in [1.29, 1.82) is 0 Å². The van der Waals surface area contributed by atoms with E-state index in [2.05, 4.69) is 4.74 Å². The predicted octanol–water partition coefficient (Wildman–Crippen LogP) is 0.913. The monoisotopic (exact) mass is 266 g/mol. The summed E-state index contributed by atoms with van der Waals surface area (Å²) in [6, 6.07) is 4.53. The van der Waals surface area contributed by atoms with Gasteiger partial charge in [0.25, 0.3) is 5.91 Å². The van der Waals surface area contributed by atoms with E-state index in [0.717, 1.165) is 0 Å². The quantitative estimate of drug-likeness (QED) is 0.633. The fraction of sp³-hybridized carbons (Fsp3) is 0.385. The van der Waals surface area contributed by atoms with Gasteiger partial charge < -0.3 is 20.1 Å². The maximum absolute atomic E-state index is 11.6. The molecule has 0 atom stereocenters. The average Bonchev–Trinajstić information content (AvgIpc) is 2.43. The van der Waals surface area contributed by atoms with Crippen molar-refractivity contribution in [3.63, 3.8) is 0 Å². The lowest BCUT2D eigenvalue weighted by Gasteiger charge is -2.15. The molecule has 0 aliphatic rings. The Balaban J connectivity index is 2.70. The molecule has 0 saturated heterocycles. The van der Waals surface area contributed by atoms with Crippen molar-refractivity contribution in [2.24, 2.45) is 0 Å². The van der Waals surface area contributed by atoms with Gasteiger partial charge >= 0.3 is 5.97 Å². The number of nitrogens with zero attached hydrogens (tertiary/aromatic N) is 1. The van der Waals surface area contributed by atoms with Crippen LogP contribution in [0.15, 0.2) is 18.2 Å². The second kappa shape index (κ2) is 6.63. The van der Waals surface area contributed by atoms with Crippen LogP contribution in [0, 0.1) is 0 Å². The molecule has 2 N–H and O–H groups in total. The molecule has 6 nitrogen and oxygen atoms in total. The molecule has 1 rings (SSSR count). The molecular weight excluding hydrogens is 248 g/mol. The number of carbonyl (C=O) groups is 2. The minimum Gasteiger partial charge on any atom is -0.482 e. The van der Waals surface area contributed by atoms with Gasteiger partial charge in [-0.3, -0.25) is 4.79 Å². The van der Waals surface area contributed by atoms with Crippen LogP contribution in [-0.4, -0.2) is 44.1 Å². The smallest absolute Gasteiger partial charge is 0.337 e. The molecule has 0 aliphatic carbocycles. The Bertz CT molecular complexity index is 474. The van der Waals surface area contributed by atoms with Gasteiger partial charge in [0, 0.05) is 13.6 Å². The summed E-state index contributed by atoms with van der Waals surface area (Å²) in [7, 11) is 2.98. The van der Waals surface area contributed by atoms with E-state index in [9.17, 15) is 9.59 Å². The highest BCUT2D eigenvalue weighted by Gasteiger charge is 2.11. The molecule has 1 amide bonds. The van der Waals surface area contributed by atoms with Crippen molar-refractivity contribution in [3.8, 4) is 5.75 Å². The van der Waals surface area contributed by atoms with Crippen LogP contribution >= 0.6 is 0 Å². The Hall–Kier alpha value is -2.24. The highest BCUT2D eigenvalue weighted by molar-refractivity contribution is 5.91. The molecule has 0 unspecified atom stereocenters. The SMILES string of the molecule is CCN(C)C(=O)COc1ccc(C(=O)OC)cc1N. The van der Waals surface area contributed by atoms with E-state index in [0.29, 0.717) is 17.9 Å². The highest BCUT2D eigenvalue weighted by atomic mass is 16.5. The Labute approximate surface area is 112 Å². The van der Waals surface area contributed by atoms with Crippen LogP contribution in [0.2, 0.25) is 0 Å². The molecule has 0 saturated carbocycles. The fourth-order valence-corrected chi connectivity index (χ4v) is 1.35. The van der Waals surface area contributed by atoms with E-state index in [-0.39, 0.29) is 18.2 Å². The number of likely N-dealkylation sites (N-methyl/N-ethyl adjacent to an activating group) is 1. The molecule has 0 aromatic heterocycles. The summed E-state index contributed by atoms with van der Waals surface area (Å²) in [6.07, 6.45) is 0. The maximum atomic E-state index is 11.6. The van der Waals surface area contributed by atoms with Gasteiger partial charge in [0.15, 0.2) is 6.61 Å². The third-order valence-corrected chi connectivity index (χ3v) is 2.68. The number of carbonyl (C=O) groups excluding carboxylic acids is 2. The van der Waals surface area contributed by atoms with Crippen LogP contribution in [0.25, 0.3) is 0 Å². The van der Waals surface area contributed by atoms with Crippen molar-refractivity contribution in [3.05, 3.63) is 23.8 Å². The number of hydrogen-bond donors (Lipinski definition) is 1. The summed E-state index contributed by atoms with van der Waals surface area (Å²) in [5, 5.41) is 0. The van der Waals surface area contributed by atoms with Gasteiger partial charge in [0.05, 0.1) is 18.4 Å². The number of rotatable bonds is 5. The number of nitrogens with two attached hydrogens (primary N) is 1. The predicted molar refractivity (Wildman–Crippen MR) is 71.0 cm³/mol. The minimum absolute atomic E-state index is 0.0912. The molecule has 0 heterocycles. The normalized spacial score (nSPS) is 9.84. The highest BCUT2D eigenvalue weighted by Crippen LogP contribution is 2.22. The second-order valence-corrected chi connectivity index (χ2v) is 3.94. The van der Waals surface area contributed by atoms with Crippen LogP contribution in [0.4, 0.5) is 5.69 Å². The largest absolute Gasteiger partial charge is 0.482 e. The van der Waals surface area contributed by atoms with Crippen molar-refractivity contribution in [2.75, 3.05) is 33.0 Å². The molecule has 0 radical (unpaired) electrons. The minimum atomic E-state index is -0.472. The summed E-state index contributed by atoms with van der Waals surface area (Å²) >= 11 is 0. The molecular formula is C13H18N2O4. The Morgan fingerprint density at radius 2 is 2.05 bits per heavy atom.